The number of nitrogens with two attached hydrogens (primary N) is 1. The summed E-state index contributed by atoms with van der Waals surface area (Å²) in [7, 11) is 0. The third kappa shape index (κ3) is 4.04. The molecule has 1 aromatic carbocycles. The van der Waals surface area contributed by atoms with Gasteiger partial charge in [0.1, 0.15) is 0 Å². The van der Waals surface area contributed by atoms with Crippen molar-refractivity contribution in [2.45, 2.75) is 26.3 Å². The number of hydrogen-bond acceptors (Lipinski definition) is 3. The zero-order valence-electron chi connectivity index (χ0n) is 11.1. The van der Waals surface area contributed by atoms with Crippen LogP contribution in [0.25, 0.3) is 0 Å². The van der Waals surface area contributed by atoms with Crippen molar-refractivity contribution in [3.8, 4) is 0 Å². The molecule has 0 heterocycles. The first kappa shape index (κ1) is 17.1. The van der Waals surface area contributed by atoms with Crippen molar-refractivity contribution in [2.24, 2.45) is 11.7 Å². The molecule has 0 saturated heterocycles. The molecule has 0 aliphatic heterocycles. The molecule has 0 spiro atoms. The number of halogens is 2. The van der Waals surface area contributed by atoms with Gasteiger partial charge in [0, 0.05) is 8.95 Å². The van der Waals surface area contributed by atoms with E-state index in [0.717, 1.165) is 6.42 Å². The maximum absolute atomic E-state index is 12.1. The smallest absolute Gasteiger partial charge is 0.337 e. The van der Waals surface area contributed by atoms with Gasteiger partial charge in [0.15, 0.2) is 0 Å². The van der Waals surface area contributed by atoms with Crippen molar-refractivity contribution in [3.05, 3.63) is 26.6 Å². The van der Waals surface area contributed by atoms with Gasteiger partial charge in [-0.15, -0.1) is 0 Å². The summed E-state index contributed by atoms with van der Waals surface area (Å²) in [5.41, 5.74) is 6.05. The standard InChI is InChI=1S/C13H16Br2N2O3/c1-3-6(2)10(16)12(18)17-11-8(13(19)20)4-7(14)5-9(11)15/h4-6,10H,3,16H2,1-2H3,(H,17,18)(H,19,20)/t6-,10-/m0/s1. The molecule has 0 aliphatic carbocycles. The number of rotatable bonds is 5. The van der Waals surface area contributed by atoms with Crippen molar-refractivity contribution in [1.29, 1.82) is 0 Å². The Hall–Kier alpha value is -0.920. The third-order valence-electron chi connectivity index (χ3n) is 3.09. The number of carboxylic acids is 1. The van der Waals surface area contributed by atoms with Crippen LogP contribution in [0.3, 0.4) is 0 Å². The van der Waals surface area contributed by atoms with Crippen LogP contribution in [0.15, 0.2) is 21.1 Å². The van der Waals surface area contributed by atoms with E-state index in [9.17, 15) is 14.7 Å². The van der Waals surface area contributed by atoms with Gasteiger partial charge in [-0.3, -0.25) is 4.79 Å². The van der Waals surface area contributed by atoms with Crippen LogP contribution in [0.2, 0.25) is 0 Å². The lowest BCUT2D eigenvalue weighted by atomic mass is 9.99. The number of aromatic carboxylic acids is 1. The average Bonchev–Trinajstić information content (AvgIpc) is 2.39. The number of hydrogen-bond donors (Lipinski definition) is 3. The Morgan fingerprint density at radius 1 is 1.40 bits per heavy atom. The maximum Gasteiger partial charge on any atom is 0.337 e. The van der Waals surface area contributed by atoms with Crippen LogP contribution in [0.1, 0.15) is 30.6 Å². The molecule has 1 aromatic rings. The van der Waals surface area contributed by atoms with Crippen molar-refractivity contribution < 1.29 is 14.7 Å². The molecule has 1 amide bonds. The molecular weight excluding hydrogens is 392 g/mol. The summed E-state index contributed by atoms with van der Waals surface area (Å²) in [6.07, 6.45) is 0.766. The molecule has 0 bridgehead atoms. The molecule has 5 nitrogen and oxygen atoms in total. The summed E-state index contributed by atoms with van der Waals surface area (Å²) in [6, 6.07) is 2.41. The fraction of sp³-hybridized carbons (Fsp3) is 0.385. The maximum atomic E-state index is 12.1. The summed E-state index contributed by atoms with van der Waals surface area (Å²) < 4.78 is 1.08. The predicted molar refractivity (Wildman–Crippen MR) is 84.9 cm³/mol. The minimum Gasteiger partial charge on any atom is -0.478 e. The first-order valence-corrected chi connectivity index (χ1v) is 7.65. The zero-order chi connectivity index (χ0) is 15.4. The van der Waals surface area contributed by atoms with E-state index in [1.54, 1.807) is 6.07 Å². The Balaban J connectivity index is 3.09. The van der Waals surface area contributed by atoms with E-state index in [0.29, 0.717) is 8.95 Å². The lowest BCUT2D eigenvalue weighted by Crippen LogP contribution is -2.41. The summed E-state index contributed by atoms with van der Waals surface area (Å²) in [5.74, 6) is -1.51. The predicted octanol–water partition coefficient (Wildman–Crippen LogP) is 3.22. The summed E-state index contributed by atoms with van der Waals surface area (Å²) in [5, 5.41) is 11.8. The highest BCUT2D eigenvalue weighted by Gasteiger charge is 2.23. The van der Waals surface area contributed by atoms with Gasteiger partial charge in [-0.1, -0.05) is 36.2 Å². The summed E-state index contributed by atoms with van der Waals surface area (Å²) >= 11 is 6.46. The Morgan fingerprint density at radius 3 is 2.50 bits per heavy atom. The second-order valence-corrected chi connectivity index (χ2v) is 6.29. The molecule has 7 heteroatoms. The van der Waals surface area contributed by atoms with Crippen LogP contribution in [-0.2, 0) is 4.79 Å². The topological polar surface area (TPSA) is 92.4 Å². The van der Waals surface area contributed by atoms with Crippen LogP contribution in [-0.4, -0.2) is 23.0 Å². The highest BCUT2D eigenvalue weighted by molar-refractivity contribution is 9.11. The van der Waals surface area contributed by atoms with E-state index < -0.39 is 17.9 Å². The first-order chi connectivity index (χ1) is 9.27. The van der Waals surface area contributed by atoms with E-state index in [1.165, 1.54) is 6.07 Å². The number of nitrogens with one attached hydrogen (secondary N) is 1. The molecule has 0 aromatic heterocycles. The van der Waals surface area contributed by atoms with E-state index in [-0.39, 0.29) is 17.2 Å². The Morgan fingerprint density at radius 2 is 2.00 bits per heavy atom. The molecule has 0 aliphatic rings. The molecule has 0 saturated carbocycles. The van der Waals surface area contributed by atoms with Crippen LogP contribution in [0.5, 0.6) is 0 Å². The van der Waals surface area contributed by atoms with Gasteiger partial charge >= 0.3 is 5.97 Å². The van der Waals surface area contributed by atoms with E-state index in [1.807, 2.05) is 13.8 Å². The van der Waals surface area contributed by atoms with Crippen LogP contribution < -0.4 is 11.1 Å². The molecule has 20 heavy (non-hydrogen) atoms. The van der Waals surface area contributed by atoms with Gasteiger partial charge in [-0.25, -0.2) is 4.79 Å². The second kappa shape index (κ2) is 7.19. The van der Waals surface area contributed by atoms with Gasteiger partial charge in [0.25, 0.3) is 0 Å². The Bertz CT molecular complexity index is 535. The number of benzene rings is 1. The fourth-order valence-electron chi connectivity index (χ4n) is 1.59. The van der Waals surface area contributed by atoms with Crippen molar-refractivity contribution in [2.75, 3.05) is 5.32 Å². The quantitative estimate of drug-likeness (QED) is 0.698. The van der Waals surface area contributed by atoms with Gasteiger partial charge in [0.05, 0.1) is 17.3 Å². The van der Waals surface area contributed by atoms with E-state index in [2.05, 4.69) is 37.2 Å². The molecule has 0 unspecified atom stereocenters. The molecule has 2 atom stereocenters. The summed E-state index contributed by atoms with van der Waals surface area (Å²) in [6.45, 7) is 3.81. The van der Waals surface area contributed by atoms with Gasteiger partial charge < -0.3 is 16.2 Å². The van der Waals surface area contributed by atoms with Crippen LogP contribution in [0.4, 0.5) is 5.69 Å². The minimum absolute atomic E-state index is 0.00375. The number of carboxylic acid groups (broad SMARTS) is 1. The Kier molecular flexibility index (Phi) is 6.16. The van der Waals surface area contributed by atoms with Crippen molar-refractivity contribution in [3.63, 3.8) is 0 Å². The molecule has 0 fully saturated rings. The highest BCUT2D eigenvalue weighted by Crippen LogP contribution is 2.31. The number of anilines is 1. The highest BCUT2D eigenvalue weighted by atomic mass is 79.9. The van der Waals surface area contributed by atoms with Gasteiger partial charge in [0.2, 0.25) is 5.91 Å². The lowest BCUT2D eigenvalue weighted by molar-refractivity contribution is -0.118. The largest absolute Gasteiger partial charge is 0.478 e. The molecule has 0 radical (unpaired) electrons. The minimum atomic E-state index is -1.13. The van der Waals surface area contributed by atoms with Gasteiger partial charge in [-0.05, 0) is 34.0 Å². The Labute approximate surface area is 134 Å². The third-order valence-corrected chi connectivity index (χ3v) is 4.18. The lowest BCUT2D eigenvalue weighted by Gasteiger charge is -2.19. The summed E-state index contributed by atoms with van der Waals surface area (Å²) in [4.78, 5) is 23.3. The van der Waals surface area contributed by atoms with E-state index >= 15 is 0 Å². The molecule has 4 N–H and O–H groups in total. The molecule has 110 valence electrons. The zero-order valence-corrected chi connectivity index (χ0v) is 14.3. The molecular formula is C13H16Br2N2O3. The number of amides is 1. The number of carbonyl (C=O) groups excluding carboxylic acids is 1. The SMILES string of the molecule is CC[C@H](C)[C@H](N)C(=O)Nc1c(Br)cc(Br)cc1C(=O)O. The number of carbonyl (C=O) groups is 2. The normalized spacial score (nSPS) is 13.7. The average molecular weight is 408 g/mol. The first-order valence-electron chi connectivity index (χ1n) is 6.06. The van der Waals surface area contributed by atoms with Crippen molar-refractivity contribution >= 4 is 49.4 Å². The monoisotopic (exact) mass is 406 g/mol. The fourth-order valence-corrected chi connectivity index (χ4v) is 2.91. The van der Waals surface area contributed by atoms with E-state index in [4.69, 9.17) is 5.73 Å². The van der Waals surface area contributed by atoms with Crippen molar-refractivity contribution in [1.82, 2.24) is 0 Å². The second-order valence-electron chi connectivity index (χ2n) is 4.52. The van der Waals surface area contributed by atoms with Crippen LogP contribution >= 0.6 is 31.9 Å². The van der Waals surface area contributed by atoms with Crippen LogP contribution in [0, 0.1) is 5.92 Å². The van der Waals surface area contributed by atoms with Gasteiger partial charge in [-0.2, -0.15) is 0 Å². The molecule has 1 rings (SSSR count).